The second-order valence-electron chi connectivity index (χ2n) is 4.69. The number of hydrogen-bond donors (Lipinski definition) is 0. The molecule has 0 atom stereocenters. The molecule has 1 saturated heterocycles. The molecule has 0 aromatic carbocycles. The van der Waals surface area contributed by atoms with Gasteiger partial charge in [0.15, 0.2) is 5.41 Å². The van der Waals surface area contributed by atoms with Crippen LogP contribution in [0.25, 0.3) is 0 Å². The van der Waals surface area contributed by atoms with Crippen LogP contribution in [0, 0.1) is 5.41 Å². The van der Waals surface area contributed by atoms with E-state index in [1.54, 1.807) is 0 Å². The molecule has 4 nitrogen and oxygen atoms in total. The van der Waals surface area contributed by atoms with Crippen LogP contribution in [-0.4, -0.2) is 17.7 Å². The van der Waals surface area contributed by atoms with Crippen molar-refractivity contribution in [2.24, 2.45) is 5.41 Å². The molecule has 4 heteroatoms. The molecule has 0 aromatic heterocycles. The first-order chi connectivity index (χ1) is 7.58. The fraction of sp³-hybridized carbons (Fsp3) is 0.833. The Bertz CT molecular complexity index is 289. The molecule has 1 saturated carbocycles. The van der Waals surface area contributed by atoms with Gasteiger partial charge in [-0.05, 0) is 25.7 Å². The normalized spacial score (nSPS) is 26.6. The summed E-state index contributed by atoms with van der Waals surface area (Å²) >= 11 is 0. The molecule has 16 heavy (non-hydrogen) atoms. The van der Waals surface area contributed by atoms with Crippen LogP contribution in [0.1, 0.15) is 52.4 Å². The molecule has 1 heterocycles. The minimum absolute atomic E-state index is 0.393. The molecule has 2 rings (SSSR count). The highest BCUT2D eigenvalue weighted by atomic mass is 16.7. The van der Waals surface area contributed by atoms with Gasteiger partial charge in [-0.3, -0.25) is 9.59 Å². The highest BCUT2D eigenvalue weighted by Crippen LogP contribution is 2.44. The van der Waals surface area contributed by atoms with Gasteiger partial charge in [-0.2, -0.15) is 0 Å². The zero-order valence-corrected chi connectivity index (χ0v) is 9.88. The van der Waals surface area contributed by atoms with Crippen molar-refractivity contribution < 1.29 is 19.1 Å². The maximum Gasteiger partial charge on any atom is 0.326 e. The molecule has 0 radical (unpaired) electrons. The summed E-state index contributed by atoms with van der Waals surface area (Å²) in [6.07, 6.45) is 4.08. The molecule has 0 unspecified atom stereocenters. The van der Waals surface area contributed by atoms with E-state index in [0.717, 1.165) is 12.8 Å². The molecule has 0 aromatic rings. The second kappa shape index (κ2) is 3.75. The fourth-order valence-corrected chi connectivity index (χ4v) is 2.58. The third kappa shape index (κ3) is 1.43. The van der Waals surface area contributed by atoms with E-state index in [2.05, 4.69) is 0 Å². The van der Waals surface area contributed by atoms with Gasteiger partial charge in [0, 0.05) is 12.8 Å². The Hall–Kier alpha value is -1.06. The van der Waals surface area contributed by atoms with Crippen molar-refractivity contribution in [3.63, 3.8) is 0 Å². The smallest absolute Gasteiger partial charge is 0.326 e. The maximum atomic E-state index is 12.0. The van der Waals surface area contributed by atoms with E-state index < -0.39 is 23.1 Å². The molecule has 0 amide bonds. The van der Waals surface area contributed by atoms with Gasteiger partial charge in [0.05, 0.1) is 0 Å². The largest absolute Gasteiger partial charge is 0.422 e. The summed E-state index contributed by atoms with van der Waals surface area (Å²) in [5.41, 5.74) is -1.06. The van der Waals surface area contributed by atoms with E-state index in [1.165, 1.54) is 0 Å². The van der Waals surface area contributed by atoms with Crippen molar-refractivity contribution in [2.75, 3.05) is 0 Å². The van der Waals surface area contributed by atoms with Crippen LogP contribution < -0.4 is 0 Å². The van der Waals surface area contributed by atoms with Gasteiger partial charge in [-0.25, -0.2) is 0 Å². The van der Waals surface area contributed by atoms with Crippen molar-refractivity contribution in [1.82, 2.24) is 0 Å². The van der Waals surface area contributed by atoms with Gasteiger partial charge in [-0.1, -0.05) is 13.8 Å². The third-order valence-electron chi connectivity index (χ3n) is 3.91. The molecule has 0 N–H and O–H groups in total. The molecule has 0 bridgehead atoms. The predicted octanol–water partition coefficient (Wildman–Crippen LogP) is 2.16. The molecule has 2 fully saturated rings. The third-order valence-corrected chi connectivity index (χ3v) is 3.91. The number of carbonyl (C=O) groups excluding carboxylic acids is 2. The van der Waals surface area contributed by atoms with Crippen molar-refractivity contribution in [1.29, 1.82) is 0 Å². The monoisotopic (exact) mass is 226 g/mol. The summed E-state index contributed by atoms with van der Waals surface area (Å²) in [6.45, 7) is 3.64. The predicted molar refractivity (Wildman–Crippen MR) is 56.4 cm³/mol. The number of hydrogen-bond acceptors (Lipinski definition) is 4. The van der Waals surface area contributed by atoms with Crippen LogP contribution >= 0.6 is 0 Å². The Morgan fingerprint density at radius 3 is 1.81 bits per heavy atom. The average Bonchev–Trinajstić information content (AvgIpc) is 2.67. The van der Waals surface area contributed by atoms with E-state index >= 15 is 0 Å². The summed E-state index contributed by atoms with van der Waals surface area (Å²) in [7, 11) is 0. The zero-order chi connectivity index (χ0) is 11.8. The van der Waals surface area contributed by atoms with Gasteiger partial charge in [-0.15, -0.1) is 0 Å². The van der Waals surface area contributed by atoms with Gasteiger partial charge < -0.3 is 9.47 Å². The Morgan fingerprint density at radius 1 is 1.00 bits per heavy atom. The summed E-state index contributed by atoms with van der Waals surface area (Å²) in [5.74, 6) is -1.71. The Morgan fingerprint density at radius 2 is 1.44 bits per heavy atom. The lowest BCUT2D eigenvalue weighted by Gasteiger charge is -2.41. The average molecular weight is 226 g/mol. The number of carbonyl (C=O) groups is 2. The molecular weight excluding hydrogens is 208 g/mol. The molecule has 1 aliphatic carbocycles. The van der Waals surface area contributed by atoms with Crippen LogP contribution in [0.5, 0.6) is 0 Å². The molecular formula is C12H18O4. The van der Waals surface area contributed by atoms with Crippen LogP contribution in [0.2, 0.25) is 0 Å². The SMILES string of the molecule is CCC1(CC)C(=O)OC2(CCCC2)OC1=O. The lowest BCUT2D eigenvalue weighted by Crippen LogP contribution is -2.54. The van der Waals surface area contributed by atoms with Gasteiger partial charge in [0.2, 0.25) is 0 Å². The highest BCUT2D eigenvalue weighted by Gasteiger charge is 2.57. The van der Waals surface area contributed by atoms with E-state index in [0.29, 0.717) is 25.7 Å². The van der Waals surface area contributed by atoms with Crippen LogP contribution in [0.4, 0.5) is 0 Å². The first-order valence-corrected chi connectivity index (χ1v) is 6.05. The summed E-state index contributed by atoms with van der Waals surface area (Å²) < 4.78 is 10.8. The van der Waals surface area contributed by atoms with E-state index in [-0.39, 0.29) is 0 Å². The van der Waals surface area contributed by atoms with Gasteiger partial charge in [0.1, 0.15) is 0 Å². The lowest BCUT2D eigenvalue weighted by atomic mass is 9.81. The first kappa shape index (κ1) is 11.4. The minimum Gasteiger partial charge on any atom is -0.422 e. The molecule has 1 aliphatic heterocycles. The van der Waals surface area contributed by atoms with Crippen molar-refractivity contribution >= 4 is 11.9 Å². The van der Waals surface area contributed by atoms with Gasteiger partial charge in [0.25, 0.3) is 5.79 Å². The Labute approximate surface area is 95.3 Å². The van der Waals surface area contributed by atoms with Crippen molar-refractivity contribution in [2.45, 2.75) is 58.2 Å². The van der Waals surface area contributed by atoms with E-state index in [9.17, 15) is 9.59 Å². The van der Waals surface area contributed by atoms with Crippen molar-refractivity contribution in [3.05, 3.63) is 0 Å². The summed E-state index contributed by atoms with van der Waals surface area (Å²) in [6, 6.07) is 0. The quantitative estimate of drug-likeness (QED) is 0.535. The minimum atomic E-state index is -1.06. The number of rotatable bonds is 2. The van der Waals surface area contributed by atoms with Crippen molar-refractivity contribution in [3.8, 4) is 0 Å². The summed E-state index contributed by atoms with van der Waals surface area (Å²) in [5, 5.41) is 0. The fourth-order valence-electron chi connectivity index (χ4n) is 2.58. The maximum absolute atomic E-state index is 12.0. The number of esters is 2. The summed E-state index contributed by atoms with van der Waals surface area (Å²) in [4.78, 5) is 24.1. The topological polar surface area (TPSA) is 52.6 Å². The molecule has 1 spiro atoms. The van der Waals surface area contributed by atoms with Crippen LogP contribution in [0.3, 0.4) is 0 Å². The van der Waals surface area contributed by atoms with Crippen LogP contribution in [-0.2, 0) is 19.1 Å². The van der Waals surface area contributed by atoms with Crippen LogP contribution in [0.15, 0.2) is 0 Å². The molecule has 90 valence electrons. The Balaban J connectivity index is 2.25. The highest BCUT2D eigenvalue weighted by molar-refractivity contribution is 6.01. The number of ether oxygens (including phenoxy) is 2. The first-order valence-electron chi connectivity index (χ1n) is 6.05. The second-order valence-corrected chi connectivity index (χ2v) is 4.69. The molecule has 2 aliphatic rings. The lowest BCUT2D eigenvalue weighted by molar-refractivity contribution is -0.260. The standard InChI is InChI=1S/C12H18O4/c1-3-11(4-2)9(13)15-12(16-10(11)14)7-5-6-8-12/h3-8H2,1-2H3. The van der Waals surface area contributed by atoms with Gasteiger partial charge >= 0.3 is 11.9 Å². The van der Waals surface area contributed by atoms with E-state index in [4.69, 9.17) is 9.47 Å². The van der Waals surface area contributed by atoms with E-state index in [1.807, 2.05) is 13.8 Å². The Kier molecular flexibility index (Phi) is 2.68. The zero-order valence-electron chi connectivity index (χ0n) is 9.88.